The Morgan fingerprint density at radius 2 is 1.61 bits per heavy atom. The second kappa shape index (κ2) is 8.06. The number of nitrogens with one attached hydrogen (secondary N) is 2. The van der Waals surface area contributed by atoms with Crippen LogP contribution in [-0.2, 0) is 12.8 Å². The van der Waals surface area contributed by atoms with Crippen molar-refractivity contribution >= 4 is 28.5 Å². The van der Waals surface area contributed by atoms with E-state index in [0.717, 1.165) is 23.7 Å². The van der Waals surface area contributed by atoms with Gasteiger partial charge in [-0.25, -0.2) is 9.18 Å². The molecule has 7 heteroatoms. The van der Waals surface area contributed by atoms with Gasteiger partial charge in [-0.2, -0.15) is 0 Å². The Labute approximate surface area is 180 Å². The maximum Gasteiger partial charge on any atom is 0.321 e. The number of hydrogen-bond acceptors (Lipinski definition) is 2. The second-order valence-electron chi connectivity index (χ2n) is 8.27. The van der Waals surface area contributed by atoms with Crippen LogP contribution in [0.1, 0.15) is 34.5 Å². The quantitative estimate of drug-likeness (QED) is 0.653. The Kier molecular flexibility index (Phi) is 5.10. The van der Waals surface area contributed by atoms with Crippen LogP contribution in [0, 0.1) is 5.82 Å². The van der Waals surface area contributed by atoms with Crippen molar-refractivity contribution in [1.29, 1.82) is 0 Å². The zero-order valence-corrected chi connectivity index (χ0v) is 17.3. The fourth-order valence-corrected chi connectivity index (χ4v) is 4.57. The van der Waals surface area contributed by atoms with Crippen molar-refractivity contribution in [2.75, 3.05) is 31.5 Å². The maximum atomic E-state index is 13.1. The minimum atomic E-state index is -0.344. The maximum absolute atomic E-state index is 13.1. The van der Waals surface area contributed by atoms with Crippen LogP contribution < -0.4 is 5.32 Å². The highest BCUT2D eigenvalue weighted by Gasteiger charge is 2.25. The number of fused-ring (bicyclic) bond motifs is 3. The molecule has 0 radical (unpaired) electrons. The lowest BCUT2D eigenvalue weighted by Crippen LogP contribution is -2.51. The van der Waals surface area contributed by atoms with Crippen molar-refractivity contribution in [3.8, 4) is 0 Å². The molecular formula is C24H25FN4O2. The molecule has 1 fully saturated rings. The summed E-state index contributed by atoms with van der Waals surface area (Å²) in [6.07, 6.45) is 4.55. The summed E-state index contributed by atoms with van der Waals surface area (Å²) < 4.78 is 13.0. The molecule has 2 N–H and O–H groups in total. The van der Waals surface area contributed by atoms with Gasteiger partial charge >= 0.3 is 6.03 Å². The summed E-state index contributed by atoms with van der Waals surface area (Å²) in [6.45, 7) is 1.89. The molecule has 0 saturated carbocycles. The minimum Gasteiger partial charge on any atom is -0.358 e. The molecule has 1 aliphatic carbocycles. The smallest absolute Gasteiger partial charge is 0.321 e. The van der Waals surface area contributed by atoms with Gasteiger partial charge in [-0.15, -0.1) is 0 Å². The Balaban J connectivity index is 1.23. The minimum absolute atomic E-state index is 0.00579. The average Bonchev–Trinajstić information content (AvgIpc) is 3.18. The predicted molar refractivity (Wildman–Crippen MR) is 118 cm³/mol. The van der Waals surface area contributed by atoms with Crippen LogP contribution >= 0.6 is 0 Å². The summed E-state index contributed by atoms with van der Waals surface area (Å²) in [6, 6.07) is 11.4. The standard InChI is InChI=1S/C24H25FN4O2/c25-17-6-8-18(9-7-17)26-24(31)29-13-11-28(12-14-29)23(30)16-5-10-22-20(15-16)19-3-1-2-4-21(19)27-22/h5-10,15,27H,1-4,11-14H2,(H,26,31). The lowest BCUT2D eigenvalue weighted by molar-refractivity contribution is 0.0672. The number of halogens is 1. The predicted octanol–water partition coefficient (Wildman–Crippen LogP) is 4.18. The van der Waals surface area contributed by atoms with E-state index >= 15 is 0 Å². The van der Waals surface area contributed by atoms with Gasteiger partial charge in [-0.1, -0.05) is 0 Å². The number of carbonyl (C=O) groups excluding carboxylic acids is 2. The van der Waals surface area contributed by atoms with Gasteiger partial charge in [0.25, 0.3) is 5.91 Å². The van der Waals surface area contributed by atoms with Crippen molar-refractivity contribution in [3.05, 3.63) is 65.1 Å². The molecule has 5 rings (SSSR count). The number of benzene rings is 2. The van der Waals surface area contributed by atoms with Crippen molar-refractivity contribution < 1.29 is 14.0 Å². The zero-order chi connectivity index (χ0) is 21.4. The van der Waals surface area contributed by atoms with Crippen LogP contribution in [-0.4, -0.2) is 52.9 Å². The average molecular weight is 420 g/mol. The van der Waals surface area contributed by atoms with E-state index in [1.165, 1.54) is 48.4 Å². The SMILES string of the molecule is O=C(Nc1ccc(F)cc1)N1CCN(C(=O)c2ccc3[nH]c4c(c3c2)CCCC4)CC1. The number of hydrogen-bond donors (Lipinski definition) is 2. The molecule has 1 saturated heterocycles. The van der Waals surface area contributed by atoms with Crippen LogP contribution in [0.2, 0.25) is 0 Å². The number of urea groups is 1. The number of piperazine rings is 1. The van der Waals surface area contributed by atoms with Crippen LogP contribution in [0.15, 0.2) is 42.5 Å². The topological polar surface area (TPSA) is 68.4 Å². The summed E-state index contributed by atoms with van der Waals surface area (Å²) in [5.74, 6) is -0.338. The molecule has 0 atom stereocenters. The lowest BCUT2D eigenvalue weighted by atomic mass is 9.95. The Morgan fingerprint density at radius 1 is 0.903 bits per heavy atom. The summed E-state index contributed by atoms with van der Waals surface area (Å²) in [4.78, 5) is 32.6. The lowest BCUT2D eigenvalue weighted by Gasteiger charge is -2.34. The molecule has 1 aliphatic heterocycles. The fraction of sp³-hybridized carbons (Fsp3) is 0.333. The van der Waals surface area contributed by atoms with Crippen molar-refractivity contribution in [3.63, 3.8) is 0 Å². The number of rotatable bonds is 2. The van der Waals surface area contributed by atoms with Gasteiger partial charge in [-0.05, 0) is 73.7 Å². The van der Waals surface area contributed by atoms with Crippen molar-refractivity contribution in [2.45, 2.75) is 25.7 Å². The van der Waals surface area contributed by atoms with Gasteiger partial charge in [0, 0.05) is 54.0 Å². The molecule has 2 aliphatic rings. The van der Waals surface area contributed by atoms with Gasteiger partial charge in [0.05, 0.1) is 0 Å². The third kappa shape index (κ3) is 3.87. The van der Waals surface area contributed by atoms with Gasteiger partial charge in [0.2, 0.25) is 0 Å². The van der Waals surface area contributed by atoms with E-state index in [0.29, 0.717) is 37.4 Å². The molecule has 3 aromatic rings. The number of amides is 3. The molecule has 0 bridgehead atoms. The third-order valence-corrected chi connectivity index (χ3v) is 6.29. The van der Waals surface area contributed by atoms with Crippen LogP contribution in [0.4, 0.5) is 14.9 Å². The molecule has 1 aromatic heterocycles. The van der Waals surface area contributed by atoms with Crippen LogP contribution in [0.25, 0.3) is 10.9 Å². The molecule has 6 nitrogen and oxygen atoms in total. The third-order valence-electron chi connectivity index (χ3n) is 6.29. The van der Waals surface area contributed by atoms with E-state index in [1.807, 2.05) is 23.1 Å². The number of aromatic nitrogens is 1. The molecule has 0 unspecified atom stereocenters. The zero-order valence-electron chi connectivity index (χ0n) is 17.3. The van der Waals surface area contributed by atoms with Crippen molar-refractivity contribution in [2.24, 2.45) is 0 Å². The fourth-order valence-electron chi connectivity index (χ4n) is 4.57. The number of carbonyl (C=O) groups is 2. The normalized spacial score (nSPS) is 16.3. The van der Waals surface area contributed by atoms with Crippen LogP contribution in [0.5, 0.6) is 0 Å². The molecule has 160 valence electrons. The van der Waals surface area contributed by atoms with E-state index < -0.39 is 0 Å². The first kappa shape index (κ1) is 19.6. The largest absolute Gasteiger partial charge is 0.358 e. The van der Waals surface area contributed by atoms with Gasteiger partial charge in [0.15, 0.2) is 0 Å². The number of aromatic amines is 1. The summed E-state index contributed by atoms with van der Waals surface area (Å²) in [7, 11) is 0. The van der Waals surface area contributed by atoms with E-state index in [2.05, 4.69) is 10.3 Å². The summed E-state index contributed by atoms with van der Waals surface area (Å²) in [5.41, 5.74) is 5.02. The number of H-pyrrole nitrogens is 1. The summed E-state index contributed by atoms with van der Waals surface area (Å²) in [5, 5.41) is 3.94. The first-order valence-corrected chi connectivity index (χ1v) is 10.8. The van der Waals surface area contributed by atoms with E-state index in [4.69, 9.17) is 0 Å². The van der Waals surface area contributed by atoms with E-state index in [9.17, 15) is 14.0 Å². The van der Waals surface area contributed by atoms with Gasteiger partial charge in [-0.3, -0.25) is 4.79 Å². The van der Waals surface area contributed by atoms with Crippen molar-refractivity contribution in [1.82, 2.24) is 14.8 Å². The van der Waals surface area contributed by atoms with Gasteiger partial charge in [0.1, 0.15) is 5.82 Å². The highest BCUT2D eigenvalue weighted by Crippen LogP contribution is 2.30. The van der Waals surface area contributed by atoms with E-state index in [1.54, 1.807) is 4.90 Å². The number of anilines is 1. The molecule has 31 heavy (non-hydrogen) atoms. The monoisotopic (exact) mass is 420 g/mol. The van der Waals surface area contributed by atoms with Crippen LogP contribution in [0.3, 0.4) is 0 Å². The highest BCUT2D eigenvalue weighted by atomic mass is 19.1. The number of aryl methyl sites for hydroxylation is 2. The Morgan fingerprint density at radius 3 is 2.39 bits per heavy atom. The first-order chi connectivity index (χ1) is 15.1. The molecule has 2 heterocycles. The second-order valence-corrected chi connectivity index (χ2v) is 8.27. The highest BCUT2D eigenvalue weighted by molar-refractivity contribution is 5.99. The Hall–Kier alpha value is -3.35. The molecule has 2 aromatic carbocycles. The Bertz CT molecular complexity index is 1130. The first-order valence-electron chi connectivity index (χ1n) is 10.8. The summed E-state index contributed by atoms with van der Waals surface area (Å²) >= 11 is 0. The molecule has 0 spiro atoms. The molecule has 3 amide bonds. The van der Waals surface area contributed by atoms with E-state index in [-0.39, 0.29) is 17.8 Å². The van der Waals surface area contributed by atoms with Gasteiger partial charge < -0.3 is 20.1 Å². The molecular weight excluding hydrogens is 395 g/mol. The number of nitrogens with zero attached hydrogens (tertiary/aromatic N) is 2.